The molecule has 0 fully saturated rings. The summed E-state index contributed by atoms with van der Waals surface area (Å²) in [4.78, 5) is 0. The summed E-state index contributed by atoms with van der Waals surface area (Å²) in [5, 5.41) is 0. The van der Waals surface area contributed by atoms with Crippen LogP contribution in [0.3, 0.4) is 0 Å². The zero-order chi connectivity index (χ0) is 3.41. The molecule has 0 amide bonds. The van der Waals surface area contributed by atoms with E-state index >= 15 is 0 Å². The molecule has 0 saturated carbocycles. The van der Waals surface area contributed by atoms with Gasteiger partial charge in [0.1, 0.15) is 0 Å². The fourth-order valence-electron chi connectivity index (χ4n) is 0. The number of hydrogen-bond acceptors (Lipinski definition) is 1. The average molecular weight is 411 g/mol. The molecule has 0 heterocycles. The van der Waals surface area contributed by atoms with Crippen molar-refractivity contribution in [2.45, 2.75) is 29.7 Å². The standard InChI is InChI=1S/C3H7O.4CH4.CH3.W.Y/c1-3-4-2;;;;;;;/h1,3H2,2H3;4*1H4;1H3;;/q-1;;;;;-1;;. The molecule has 1 nitrogen and oxygen atoms in total. The van der Waals surface area contributed by atoms with Crippen molar-refractivity contribution in [3.05, 3.63) is 14.4 Å². The minimum Gasteiger partial charge on any atom is -0.417 e. The Bertz CT molecular complexity index is 16.1. The Morgan fingerprint density at radius 2 is 1.18 bits per heavy atom. The van der Waals surface area contributed by atoms with Crippen molar-refractivity contribution in [3.63, 3.8) is 0 Å². The molecule has 0 aromatic heterocycles. The van der Waals surface area contributed by atoms with Gasteiger partial charge in [-0.05, 0) is 0 Å². The van der Waals surface area contributed by atoms with Gasteiger partial charge in [0, 0.05) is 60.9 Å². The minimum atomic E-state index is 0. The van der Waals surface area contributed by atoms with Crippen LogP contribution in [0.4, 0.5) is 0 Å². The minimum absolute atomic E-state index is 0. The zero-order valence-corrected chi connectivity index (χ0v) is 10.6. The molecule has 11 heavy (non-hydrogen) atoms. The van der Waals surface area contributed by atoms with E-state index in [0.717, 1.165) is 0 Å². The second kappa shape index (κ2) is 96.5. The van der Waals surface area contributed by atoms with Crippen LogP contribution in [0.25, 0.3) is 0 Å². The molecule has 3 heteroatoms. The van der Waals surface area contributed by atoms with E-state index in [2.05, 4.69) is 11.7 Å². The molecule has 0 bridgehead atoms. The quantitative estimate of drug-likeness (QED) is 0.601. The summed E-state index contributed by atoms with van der Waals surface area (Å²) in [6.07, 6.45) is 0. The Morgan fingerprint density at radius 3 is 1.18 bits per heavy atom. The fraction of sp³-hybridized carbons (Fsp3) is 0.750. The van der Waals surface area contributed by atoms with Gasteiger partial charge in [0.2, 0.25) is 0 Å². The van der Waals surface area contributed by atoms with E-state index in [1.807, 2.05) is 0 Å². The first-order chi connectivity index (χ1) is 1.91. The molecule has 0 saturated heterocycles. The second-order valence-corrected chi connectivity index (χ2v) is 0.493. The molecule has 0 aliphatic carbocycles. The molecule has 0 atom stereocenters. The normalized spacial score (nSPS) is 2.73. The SMILES string of the molecule is C.C.C.C.[CH2-]COC.[CH3-].[W].[Y]. The van der Waals surface area contributed by atoms with Crippen LogP contribution in [0.1, 0.15) is 29.7 Å². The molecule has 0 rings (SSSR count). The largest absolute Gasteiger partial charge is 0.417 e. The monoisotopic (exact) mass is 411 g/mol. The molecule has 0 N–H and O–H groups in total. The smallest absolute Gasteiger partial charge is 0.0319 e. The Hall–Kier alpha value is 1.75. The van der Waals surface area contributed by atoms with Crippen molar-refractivity contribution in [2.75, 3.05) is 13.7 Å². The predicted octanol–water partition coefficient (Wildman–Crippen LogP) is 3.46. The van der Waals surface area contributed by atoms with Gasteiger partial charge >= 0.3 is 0 Å². The number of ether oxygens (including phenoxy) is 1. The molecule has 0 aliphatic heterocycles. The summed E-state index contributed by atoms with van der Waals surface area (Å²) in [7, 11) is 1.62. The van der Waals surface area contributed by atoms with Gasteiger partial charge in [0.25, 0.3) is 0 Å². The van der Waals surface area contributed by atoms with Gasteiger partial charge in [0.05, 0.1) is 0 Å². The zero-order valence-electron chi connectivity index (χ0n) is 4.81. The molecular formula is C8H26OWY-2. The van der Waals surface area contributed by atoms with Crippen molar-refractivity contribution >= 4 is 0 Å². The van der Waals surface area contributed by atoms with Crippen LogP contribution in [0.15, 0.2) is 0 Å². The van der Waals surface area contributed by atoms with E-state index in [1.165, 1.54) is 0 Å². The van der Waals surface area contributed by atoms with Gasteiger partial charge in [-0.15, -0.1) is 0 Å². The summed E-state index contributed by atoms with van der Waals surface area (Å²) in [6, 6.07) is 0. The van der Waals surface area contributed by atoms with E-state index in [9.17, 15) is 0 Å². The summed E-state index contributed by atoms with van der Waals surface area (Å²) < 4.78 is 4.43. The number of rotatable bonds is 1. The fourth-order valence-corrected chi connectivity index (χ4v) is 0. The van der Waals surface area contributed by atoms with Gasteiger partial charge in [-0.2, -0.15) is 0 Å². The first-order valence-corrected chi connectivity index (χ1v) is 1.20. The van der Waals surface area contributed by atoms with E-state index in [0.29, 0.717) is 6.61 Å². The van der Waals surface area contributed by atoms with E-state index in [-0.39, 0.29) is 90.9 Å². The van der Waals surface area contributed by atoms with Crippen molar-refractivity contribution in [1.29, 1.82) is 0 Å². The summed E-state index contributed by atoms with van der Waals surface area (Å²) in [6.45, 7) is 3.95. The van der Waals surface area contributed by atoms with Gasteiger partial charge in [-0.1, -0.05) is 36.3 Å². The van der Waals surface area contributed by atoms with Crippen molar-refractivity contribution in [2.24, 2.45) is 0 Å². The maximum absolute atomic E-state index is 4.43. The molecule has 0 unspecified atom stereocenters. The summed E-state index contributed by atoms with van der Waals surface area (Å²) in [5.74, 6) is 0. The average Bonchev–Trinajstić information content (AvgIpc) is 1.37. The molecular weight excluding hydrogens is 385 g/mol. The summed E-state index contributed by atoms with van der Waals surface area (Å²) in [5.41, 5.74) is 0. The van der Waals surface area contributed by atoms with Crippen LogP contribution in [0.2, 0.25) is 0 Å². The topological polar surface area (TPSA) is 9.23 Å². The second-order valence-electron chi connectivity index (χ2n) is 0.493. The Morgan fingerprint density at radius 1 is 1.09 bits per heavy atom. The van der Waals surface area contributed by atoms with Crippen molar-refractivity contribution in [3.8, 4) is 0 Å². The van der Waals surface area contributed by atoms with Gasteiger partial charge < -0.3 is 19.1 Å². The molecule has 75 valence electrons. The van der Waals surface area contributed by atoms with E-state index in [4.69, 9.17) is 0 Å². The van der Waals surface area contributed by atoms with E-state index in [1.54, 1.807) is 7.11 Å². The van der Waals surface area contributed by atoms with Gasteiger partial charge in [-0.3, -0.25) is 0 Å². The summed E-state index contributed by atoms with van der Waals surface area (Å²) >= 11 is 0. The third kappa shape index (κ3) is 148. The Kier molecular flexibility index (Phi) is 684. The van der Waals surface area contributed by atoms with Crippen LogP contribution in [0.5, 0.6) is 0 Å². The van der Waals surface area contributed by atoms with Crippen LogP contribution in [0, 0.1) is 14.4 Å². The van der Waals surface area contributed by atoms with E-state index < -0.39 is 0 Å². The first-order valence-electron chi connectivity index (χ1n) is 1.20. The molecule has 1 radical (unpaired) electrons. The maximum Gasteiger partial charge on any atom is 0.0319 e. The van der Waals surface area contributed by atoms with Crippen LogP contribution < -0.4 is 0 Å². The van der Waals surface area contributed by atoms with Gasteiger partial charge in [0.15, 0.2) is 0 Å². The Balaban J connectivity index is -0.00000000214. The predicted molar refractivity (Wildman–Crippen MR) is 50.6 cm³/mol. The first kappa shape index (κ1) is 78.0. The maximum atomic E-state index is 4.43. The van der Waals surface area contributed by atoms with Crippen molar-refractivity contribution < 1.29 is 58.5 Å². The van der Waals surface area contributed by atoms with Crippen LogP contribution in [-0.4, -0.2) is 13.7 Å². The number of methoxy groups -OCH3 is 1. The number of hydrogen-bond donors (Lipinski definition) is 0. The van der Waals surface area contributed by atoms with Crippen molar-refractivity contribution in [1.82, 2.24) is 0 Å². The molecule has 0 aliphatic rings. The Labute approximate surface area is 115 Å². The third-order valence-corrected chi connectivity index (χ3v) is 0.204. The third-order valence-electron chi connectivity index (χ3n) is 0.204. The van der Waals surface area contributed by atoms with Gasteiger partial charge in [-0.25, -0.2) is 0 Å². The molecule has 0 aromatic carbocycles. The van der Waals surface area contributed by atoms with Crippen LogP contribution >= 0.6 is 0 Å². The molecule has 0 aromatic rings. The molecule has 0 spiro atoms. The van der Waals surface area contributed by atoms with Crippen LogP contribution in [-0.2, 0) is 58.5 Å².